The smallest absolute Gasteiger partial charge is 0.272 e. The fourth-order valence-corrected chi connectivity index (χ4v) is 3.35. The normalized spacial score (nSPS) is 11.0. The van der Waals surface area contributed by atoms with Gasteiger partial charge in [-0.1, -0.05) is 24.3 Å². The Morgan fingerprint density at radius 2 is 1.79 bits per heavy atom. The zero-order chi connectivity index (χ0) is 20.6. The highest BCUT2D eigenvalue weighted by molar-refractivity contribution is 7.10. The minimum absolute atomic E-state index is 0.176. The first-order valence-corrected chi connectivity index (χ1v) is 10.1. The minimum atomic E-state index is -0.399. The maximum atomic E-state index is 12.9. The van der Waals surface area contributed by atoms with Crippen LogP contribution in [0.3, 0.4) is 0 Å². The average Bonchev–Trinajstić information content (AvgIpc) is 3.22. The van der Waals surface area contributed by atoms with Crippen LogP contribution in [0.15, 0.2) is 71.7 Å². The van der Waals surface area contributed by atoms with Gasteiger partial charge in [0.2, 0.25) is 0 Å². The molecule has 2 N–H and O–H groups in total. The number of hydrogen-bond acceptors (Lipinski definition) is 4. The molecule has 0 atom stereocenters. The van der Waals surface area contributed by atoms with Crippen molar-refractivity contribution in [1.82, 2.24) is 5.32 Å². The predicted octanol–water partition coefficient (Wildman–Crippen LogP) is 4.86. The van der Waals surface area contributed by atoms with Gasteiger partial charge in [0.25, 0.3) is 11.8 Å². The lowest BCUT2D eigenvalue weighted by Gasteiger charge is -2.12. The van der Waals surface area contributed by atoms with Crippen molar-refractivity contribution < 1.29 is 14.3 Å². The van der Waals surface area contributed by atoms with Gasteiger partial charge >= 0.3 is 0 Å². The van der Waals surface area contributed by atoms with E-state index in [0.717, 1.165) is 16.2 Å². The van der Waals surface area contributed by atoms with E-state index < -0.39 is 5.91 Å². The van der Waals surface area contributed by atoms with Crippen molar-refractivity contribution in [2.45, 2.75) is 13.8 Å². The summed E-state index contributed by atoms with van der Waals surface area (Å²) in [6.07, 6.45) is 1.67. The predicted molar refractivity (Wildman–Crippen MR) is 117 cm³/mol. The van der Waals surface area contributed by atoms with Crippen LogP contribution in [0, 0.1) is 6.92 Å². The fourth-order valence-electron chi connectivity index (χ4n) is 2.69. The van der Waals surface area contributed by atoms with E-state index in [9.17, 15) is 9.59 Å². The number of hydrogen-bond donors (Lipinski definition) is 2. The number of ether oxygens (including phenoxy) is 1. The molecule has 29 heavy (non-hydrogen) atoms. The van der Waals surface area contributed by atoms with Gasteiger partial charge < -0.3 is 15.4 Å². The quantitative estimate of drug-likeness (QED) is 0.551. The van der Waals surface area contributed by atoms with Gasteiger partial charge in [-0.2, -0.15) is 0 Å². The summed E-state index contributed by atoms with van der Waals surface area (Å²) >= 11 is 1.48. The largest absolute Gasteiger partial charge is 0.494 e. The second-order valence-corrected chi connectivity index (χ2v) is 7.23. The molecular weight excluding hydrogens is 384 g/mol. The van der Waals surface area contributed by atoms with E-state index in [1.54, 1.807) is 42.5 Å². The first-order chi connectivity index (χ1) is 14.1. The number of carbonyl (C=O) groups excluding carboxylic acids is 2. The van der Waals surface area contributed by atoms with Gasteiger partial charge in [0.15, 0.2) is 0 Å². The molecule has 148 valence electrons. The summed E-state index contributed by atoms with van der Waals surface area (Å²) in [4.78, 5) is 26.5. The van der Waals surface area contributed by atoms with Gasteiger partial charge in [-0.15, -0.1) is 11.3 Å². The van der Waals surface area contributed by atoms with Crippen molar-refractivity contribution in [2.75, 3.05) is 11.9 Å². The Labute approximate surface area is 174 Å². The Kier molecular flexibility index (Phi) is 6.81. The second kappa shape index (κ2) is 9.71. The van der Waals surface area contributed by atoms with Crippen molar-refractivity contribution >= 4 is 34.9 Å². The van der Waals surface area contributed by atoms with Gasteiger partial charge in [0.05, 0.1) is 6.61 Å². The zero-order valence-corrected chi connectivity index (χ0v) is 17.1. The SMILES string of the molecule is CCOc1ccc(NC(=O)/C(=C/c2cccs2)NC(=O)c2ccccc2C)cc1. The first-order valence-electron chi connectivity index (χ1n) is 9.23. The maximum absolute atomic E-state index is 12.9. The molecule has 0 aliphatic carbocycles. The van der Waals surface area contributed by atoms with Crippen LogP contribution >= 0.6 is 11.3 Å². The second-order valence-electron chi connectivity index (χ2n) is 6.25. The number of thiophene rings is 1. The highest BCUT2D eigenvalue weighted by atomic mass is 32.1. The van der Waals surface area contributed by atoms with Crippen molar-refractivity contribution in [3.8, 4) is 5.75 Å². The molecule has 3 aromatic rings. The summed E-state index contributed by atoms with van der Waals surface area (Å²) in [5.41, 5.74) is 2.15. The summed E-state index contributed by atoms with van der Waals surface area (Å²) in [7, 11) is 0. The van der Waals surface area contributed by atoms with E-state index in [-0.39, 0.29) is 11.6 Å². The lowest BCUT2D eigenvalue weighted by molar-refractivity contribution is -0.113. The third-order valence-corrected chi connectivity index (χ3v) is 4.95. The standard InChI is InChI=1S/C23H22N2O3S/c1-3-28-18-12-10-17(11-13-18)24-23(27)21(15-19-8-6-14-29-19)25-22(26)20-9-5-4-7-16(20)2/h4-15H,3H2,1-2H3,(H,24,27)(H,25,26)/b21-15-. The summed E-state index contributed by atoms with van der Waals surface area (Å²) in [6.45, 7) is 4.34. The van der Waals surface area contributed by atoms with Gasteiger partial charge in [0, 0.05) is 16.1 Å². The molecule has 6 heteroatoms. The number of anilines is 1. The van der Waals surface area contributed by atoms with Crippen LogP contribution in [0.4, 0.5) is 5.69 Å². The number of nitrogens with one attached hydrogen (secondary N) is 2. The Morgan fingerprint density at radius 3 is 2.45 bits per heavy atom. The molecule has 5 nitrogen and oxygen atoms in total. The molecule has 0 radical (unpaired) electrons. The van der Waals surface area contributed by atoms with E-state index in [1.807, 2.05) is 43.5 Å². The topological polar surface area (TPSA) is 67.4 Å². The van der Waals surface area contributed by atoms with Crippen molar-refractivity contribution in [2.24, 2.45) is 0 Å². The molecule has 0 fully saturated rings. The van der Waals surface area contributed by atoms with Crippen LogP contribution in [-0.4, -0.2) is 18.4 Å². The number of carbonyl (C=O) groups is 2. The van der Waals surface area contributed by atoms with E-state index in [4.69, 9.17) is 4.74 Å². The van der Waals surface area contributed by atoms with Crippen LogP contribution in [0.2, 0.25) is 0 Å². The van der Waals surface area contributed by atoms with Gasteiger partial charge in [-0.05, 0) is 67.3 Å². The molecule has 3 rings (SSSR count). The lowest BCUT2D eigenvalue weighted by Crippen LogP contribution is -2.31. The molecule has 2 aromatic carbocycles. The molecule has 0 bridgehead atoms. The van der Waals surface area contributed by atoms with E-state index >= 15 is 0 Å². The Balaban J connectivity index is 1.81. The van der Waals surface area contributed by atoms with Crippen molar-refractivity contribution in [3.63, 3.8) is 0 Å². The zero-order valence-electron chi connectivity index (χ0n) is 16.3. The molecule has 1 heterocycles. The molecule has 2 amide bonds. The van der Waals surface area contributed by atoms with Gasteiger partial charge in [-0.3, -0.25) is 9.59 Å². The van der Waals surface area contributed by atoms with Crippen LogP contribution in [0.5, 0.6) is 5.75 Å². The molecule has 0 saturated carbocycles. The first kappa shape index (κ1) is 20.4. The molecule has 1 aromatic heterocycles. The lowest BCUT2D eigenvalue weighted by atomic mass is 10.1. The maximum Gasteiger partial charge on any atom is 0.272 e. The molecule has 0 unspecified atom stereocenters. The molecule has 0 aliphatic heterocycles. The van der Waals surface area contributed by atoms with Crippen LogP contribution < -0.4 is 15.4 Å². The average molecular weight is 407 g/mol. The fraction of sp³-hybridized carbons (Fsp3) is 0.130. The van der Waals surface area contributed by atoms with Gasteiger partial charge in [0.1, 0.15) is 11.4 Å². The number of amides is 2. The monoisotopic (exact) mass is 406 g/mol. The van der Waals surface area contributed by atoms with Crippen molar-refractivity contribution in [1.29, 1.82) is 0 Å². The van der Waals surface area contributed by atoms with Crippen LogP contribution in [-0.2, 0) is 4.79 Å². The minimum Gasteiger partial charge on any atom is -0.494 e. The summed E-state index contributed by atoms with van der Waals surface area (Å²) in [6, 6.07) is 18.1. The molecular formula is C23H22N2O3S. The molecule has 0 saturated heterocycles. The highest BCUT2D eigenvalue weighted by Gasteiger charge is 2.16. The third kappa shape index (κ3) is 5.56. The Bertz CT molecular complexity index is 1010. The van der Waals surface area contributed by atoms with Crippen LogP contribution in [0.1, 0.15) is 27.7 Å². The van der Waals surface area contributed by atoms with E-state index in [0.29, 0.717) is 17.9 Å². The highest BCUT2D eigenvalue weighted by Crippen LogP contribution is 2.18. The summed E-state index contributed by atoms with van der Waals surface area (Å²) < 4.78 is 5.42. The Hall–Kier alpha value is -3.38. The number of benzene rings is 2. The van der Waals surface area contributed by atoms with Crippen molar-refractivity contribution in [3.05, 3.63) is 87.7 Å². The number of rotatable bonds is 7. The van der Waals surface area contributed by atoms with E-state index in [2.05, 4.69) is 10.6 Å². The molecule has 0 spiro atoms. The summed E-state index contributed by atoms with van der Waals surface area (Å²) in [5, 5.41) is 7.49. The van der Waals surface area contributed by atoms with Gasteiger partial charge in [-0.25, -0.2) is 0 Å². The Morgan fingerprint density at radius 1 is 1.03 bits per heavy atom. The number of aryl methyl sites for hydroxylation is 1. The summed E-state index contributed by atoms with van der Waals surface area (Å²) in [5.74, 6) is 0.00458. The van der Waals surface area contributed by atoms with E-state index in [1.165, 1.54) is 11.3 Å². The molecule has 0 aliphatic rings. The third-order valence-electron chi connectivity index (χ3n) is 4.14. The van der Waals surface area contributed by atoms with Crippen LogP contribution in [0.25, 0.3) is 6.08 Å².